The van der Waals surface area contributed by atoms with Crippen molar-refractivity contribution in [2.75, 3.05) is 18.2 Å². The summed E-state index contributed by atoms with van der Waals surface area (Å²) in [5, 5.41) is 12.6. The topological polar surface area (TPSA) is 123 Å². The monoisotopic (exact) mass is 328 g/mol. The number of aromatic nitrogens is 1. The first-order chi connectivity index (χ1) is 10.2. The molecule has 1 rings (SSSR count). The molecule has 0 saturated heterocycles. The molecule has 22 heavy (non-hydrogen) atoms. The smallest absolute Gasteiger partial charge is 0.353 e. The lowest BCUT2D eigenvalue weighted by Crippen LogP contribution is -2.18. The molecule has 1 amide bonds. The van der Waals surface area contributed by atoms with Gasteiger partial charge >= 0.3 is 5.97 Å². The second-order valence-corrected chi connectivity index (χ2v) is 6.20. The zero-order chi connectivity index (χ0) is 16.9. The Balaban J connectivity index is 3.55. The van der Waals surface area contributed by atoms with Gasteiger partial charge in [0.1, 0.15) is 5.82 Å². The number of sulfone groups is 1. The molecule has 0 atom stereocenters. The lowest BCUT2D eigenvalue weighted by Gasteiger charge is -2.11. The van der Waals surface area contributed by atoms with Gasteiger partial charge < -0.3 is 15.2 Å². The molecule has 2 N–H and O–H groups in total. The van der Waals surface area contributed by atoms with Gasteiger partial charge in [-0.2, -0.15) is 0 Å². The summed E-state index contributed by atoms with van der Waals surface area (Å²) >= 11 is 0. The highest BCUT2D eigenvalue weighted by Gasteiger charge is 2.29. The number of nitrogens with zero attached hydrogens (tertiary/aromatic N) is 1. The molecule has 0 aliphatic carbocycles. The van der Waals surface area contributed by atoms with Gasteiger partial charge in [-0.1, -0.05) is 0 Å². The summed E-state index contributed by atoms with van der Waals surface area (Å²) < 4.78 is 28.2. The maximum Gasteiger partial charge on any atom is 0.353 e. The molecular formula is C13H16N2O6S. The van der Waals surface area contributed by atoms with Crippen LogP contribution in [0.15, 0.2) is 23.2 Å². The molecule has 0 aromatic carbocycles. The van der Waals surface area contributed by atoms with Crippen molar-refractivity contribution in [1.82, 2.24) is 4.98 Å². The second-order valence-electron chi connectivity index (χ2n) is 4.25. The Morgan fingerprint density at radius 2 is 2.05 bits per heavy atom. The van der Waals surface area contributed by atoms with Crippen LogP contribution in [-0.2, 0) is 24.2 Å². The zero-order valence-electron chi connectivity index (χ0n) is 12.3. The number of aliphatic hydroxyl groups is 1. The number of carbonyl (C=O) groups is 2. The summed E-state index contributed by atoms with van der Waals surface area (Å²) in [6.07, 6.45) is 2.11. The minimum atomic E-state index is -4.06. The maximum absolute atomic E-state index is 11.8. The molecule has 1 heterocycles. The van der Waals surface area contributed by atoms with Crippen LogP contribution in [0.5, 0.6) is 0 Å². The van der Waals surface area contributed by atoms with E-state index in [-0.39, 0.29) is 18.0 Å². The average molecular weight is 328 g/mol. The first-order valence-electron chi connectivity index (χ1n) is 6.21. The van der Waals surface area contributed by atoms with Crippen LogP contribution in [0, 0.1) is 0 Å². The number of hydrogen-bond acceptors (Lipinski definition) is 7. The highest BCUT2D eigenvalue weighted by Crippen LogP contribution is 2.25. The van der Waals surface area contributed by atoms with Crippen LogP contribution in [0.1, 0.15) is 19.4 Å². The Kier molecular flexibility index (Phi) is 5.63. The van der Waals surface area contributed by atoms with Gasteiger partial charge in [0.05, 0.1) is 12.2 Å². The van der Waals surface area contributed by atoms with Crippen molar-refractivity contribution >= 4 is 33.3 Å². The van der Waals surface area contributed by atoms with Crippen molar-refractivity contribution in [2.45, 2.75) is 13.8 Å². The summed E-state index contributed by atoms with van der Waals surface area (Å²) in [5.41, 5.74) is -0.105. The molecule has 9 heteroatoms. The Bertz CT molecular complexity index is 724. The van der Waals surface area contributed by atoms with Gasteiger partial charge in [-0.05, 0) is 19.1 Å². The van der Waals surface area contributed by atoms with Gasteiger partial charge in [-0.3, -0.25) is 4.79 Å². The van der Waals surface area contributed by atoms with Crippen molar-refractivity contribution in [1.29, 1.82) is 0 Å². The molecule has 0 bridgehead atoms. The number of esters is 1. The van der Waals surface area contributed by atoms with Gasteiger partial charge in [-0.15, -0.1) is 0 Å². The summed E-state index contributed by atoms with van der Waals surface area (Å²) in [6.45, 7) is 2.67. The van der Waals surface area contributed by atoms with Crippen LogP contribution in [0.25, 0.3) is 5.76 Å². The molecule has 0 saturated carbocycles. The molecule has 0 radical (unpaired) electrons. The molecule has 0 spiro atoms. The summed E-state index contributed by atoms with van der Waals surface area (Å²) in [5.74, 6) is -2.55. The first kappa shape index (κ1) is 17.6. The van der Waals surface area contributed by atoms with E-state index in [0.717, 1.165) is 6.26 Å². The lowest BCUT2D eigenvalue weighted by molar-refractivity contribution is -0.137. The van der Waals surface area contributed by atoms with Crippen LogP contribution >= 0.6 is 0 Å². The molecule has 120 valence electrons. The maximum atomic E-state index is 11.8. The number of nitrogens with one attached hydrogen (secondary N) is 1. The van der Waals surface area contributed by atoms with E-state index in [4.69, 9.17) is 0 Å². The standard InChI is InChI=1S/C13H16N2O6S/c1-4-21-13(18)11(22(3,19)20)10(17)9-6-5-7-14-12(9)15-8(2)16/h5-7,17H,4H2,1-3H3,(H,14,15,16)/b11-10+. The van der Waals surface area contributed by atoms with Crippen molar-refractivity contribution in [3.05, 3.63) is 28.8 Å². The van der Waals surface area contributed by atoms with Crippen molar-refractivity contribution in [3.8, 4) is 0 Å². The Hall–Kier alpha value is -2.42. The third kappa shape index (κ3) is 4.29. The number of amides is 1. The molecule has 1 aromatic heterocycles. The largest absolute Gasteiger partial charge is 0.506 e. The van der Waals surface area contributed by atoms with E-state index < -0.39 is 32.4 Å². The molecule has 1 aromatic rings. The number of aliphatic hydroxyl groups excluding tert-OH is 1. The van der Waals surface area contributed by atoms with E-state index in [1.807, 2.05) is 0 Å². The van der Waals surface area contributed by atoms with E-state index in [1.165, 1.54) is 32.2 Å². The SMILES string of the molecule is CCOC(=O)/C(=C(\O)c1cccnc1NC(C)=O)S(C)(=O)=O. The Morgan fingerprint density at radius 1 is 1.41 bits per heavy atom. The fourth-order valence-corrected chi connectivity index (χ4v) is 2.43. The molecule has 0 unspecified atom stereocenters. The van der Waals surface area contributed by atoms with Crippen molar-refractivity contribution in [2.24, 2.45) is 0 Å². The normalized spacial score (nSPS) is 12.3. The van der Waals surface area contributed by atoms with Crippen LogP contribution in [-0.4, -0.2) is 43.2 Å². The highest BCUT2D eigenvalue weighted by atomic mass is 32.2. The summed E-state index contributed by atoms with van der Waals surface area (Å²) in [4.78, 5) is 25.9. The van der Waals surface area contributed by atoms with Gasteiger partial charge in [0.15, 0.2) is 20.5 Å². The number of carbonyl (C=O) groups excluding carboxylic acids is 2. The molecule has 8 nitrogen and oxygen atoms in total. The molecular weight excluding hydrogens is 312 g/mol. The quantitative estimate of drug-likeness (QED) is 0.467. The number of anilines is 1. The van der Waals surface area contributed by atoms with E-state index in [9.17, 15) is 23.1 Å². The highest BCUT2D eigenvalue weighted by molar-refractivity contribution is 7.95. The van der Waals surface area contributed by atoms with E-state index in [1.54, 1.807) is 0 Å². The molecule has 0 aliphatic rings. The number of pyridine rings is 1. The van der Waals surface area contributed by atoms with Crippen LogP contribution in [0.4, 0.5) is 5.82 Å². The average Bonchev–Trinajstić information content (AvgIpc) is 2.37. The minimum absolute atomic E-state index is 0.0588. The fourth-order valence-electron chi connectivity index (χ4n) is 1.61. The number of hydrogen-bond donors (Lipinski definition) is 2. The summed E-state index contributed by atoms with van der Waals surface area (Å²) in [7, 11) is -4.06. The molecule has 0 aliphatic heterocycles. The summed E-state index contributed by atoms with van der Waals surface area (Å²) in [6, 6.07) is 2.74. The van der Waals surface area contributed by atoms with E-state index in [2.05, 4.69) is 15.0 Å². The predicted molar refractivity (Wildman–Crippen MR) is 79.6 cm³/mol. The zero-order valence-corrected chi connectivity index (χ0v) is 13.1. The predicted octanol–water partition coefficient (Wildman–Crippen LogP) is 0.874. The third-order valence-corrected chi connectivity index (χ3v) is 3.51. The number of ether oxygens (including phenoxy) is 1. The van der Waals surface area contributed by atoms with E-state index in [0.29, 0.717) is 0 Å². The first-order valence-corrected chi connectivity index (χ1v) is 8.11. The van der Waals surface area contributed by atoms with Gasteiger partial charge in [0.25, 0.3) is 0 Å². The lowest BCUT2D eigenvalue weighted by atomic mass is 10.2. The third-order valence-electron chi connectivity index (χ3n) is 2.40. The van der Waals surface area contributed by atoms with Crippen molar-refractivity contribution < 1.29 is 27.9 Å². The fraction of sp³-hybridized carbons (Fsp3) is 0.308. The molecule has 0 fully saturated rings. The van der Waals surface area contributed by atoms with Crippen LogP contribution < -0.4 is 5.32 Å². The van der Waals surface area contributed by atoms with Crippen LogP contribution in [0.2, 0.25) is 0 Å². The van der Waals surface area contributed by atoms with E-state index >= 15 is 0 Å². The Labute approximate surface area is 127 Å². The van der Waals surface area contributed by atoms with Gasteiger partial charge in [-0.25, -0.2) is 18.2 Å². The van der Waals surface area contributed by atoms with Gasteiger partial charge in [0.2, 0.25) is 5.91 Å². The number of rotatable bonds is 5. The van der Waals surface area contributed by atoms with Crippen molar-refractivity contribution in [3.63, 3.8) is 0 Å². The van der Waals surface area contributed by atoms with Crippen LogP contribution in [0.3, 0.4) is 0 Å². The second kappa shape index (κ2) is 7.03. The minimum Gasteiger partial charge on any atom is -0.506 e. The van der Waals surface area contributed by atoms with Gasteiger partial charge in [0, 0.05) is 19.4 Å². The Morgan fingerprint density at radius 3 is 2.55 bits per heavy atom.